The highest BCUT2D eigenvalue weighted by atomic mass is 32.2. The predicted octanol–water partition coefficient (Wildman–Crippen LogP) is 4.79. The largest absolute Gasteiger partial charge is 0.478 e. The first-order valence-corrected chi connectivity index (χ1v) is 13.7. The topological polar surface area (TPSA) is 159 Å². The Hall–Kier alpha value is -4.16. The minimum Gasteiger partial charge on any atom is -0.478 e. The minimum absolute atomic E-state index is 0.0421. The van der Waals surface area contributed by atoms with E-state index in [-0.39, 0.29) is 22.8 Å². The molecular formula is C27H24N2O8S2. The minimum atomic E-state index is -1.43. The normalized spacial score (nSPS) is 12.2. The van der Waals surface area contributed by atoms with Crippen molar-refractivity contribution >= 4 is 63.5 Å². The highest BCUT2D eigenvalue weighted by Crippen LogP contribution is 2.38. The number of carboxylic acid groups (broad SMARTS) is 2. The Morgan fingerprint density at radius 2 is 1.72 bits per heavy atom. The monoisotopic (exact) mass is 568 g/mol. The number of thioether (sulfide) groups is 1. The van der Waals surface area contributed by atoms with Crippen molar-refractivity contribution in [2.24, 2.45) is 0 Å². The van der Waals surface area contributed by atoms with Crippen LogP contribution in [0.3, 0.4) is 0 Å². The molecule has 12 heteroatoms. The fourth-order valence-electron chi connectivity index (χ4n) is 4.20. The van der Waals surface area contributed by atoms with E-state index in [4.69, 9.17) is 9.84 Å². The number of aryl methyl sites for hydroxylation is 1. The zero-order chi connectivity index (χ0) is 28.1. The van der Waals surface area contributed by atoms with Gasteiger partial charge in [-0.05, 0) is 67.6 Å². The maximum Gasteiger partial charge on any atom is 0.341 e. The van der Waals surface area contributed by atoms with Gasteiger partial charge in [-0.15, -0.1) is 23.1 Å². The van der Waals surface area contributed by atoms with E-state index in [9.17, 15) is 29.1 Å². The third-order valence-electron chi connectivity index (χ3n) is 6.02. The van der Waals surface area contributed by atoms with Crippen LogP contribution in [0.4, 0.5) is 10.7 Å². The van der Waals surface area contributed by atoms with Gasteiger partial charge in [-0.25, -0.2) is 14.4 Å². The van der Waals surface area contributed by atoms with E-state index in [0.29, 0.717) is 21.1 Å². The van der Waals surface area contributed by atoms with Crippen molar-refractivity contribution in [2.75, 3.05) is 23.5 Å². The van der Waals surface area contributed by atoms with Gasteiger partial charge in [-0.3, -0.25) is 9.59 Å². The highest BCUT2D eigenvalue weighted by molar-refractivity contribution is 8.00. The fourth-order valence-corrected chi connectivity index (χ4v) is 6.25. The van der Waals surface area contributed by atoms with Crippen molar-refractivity contribution < 1.29 is 38.9 Å². The van der Waals surface area contributed by atoms with E-state index in [2.05, 4.69) is 10.6 Å². The van der Waals surface area contributed by atoms with Crippen LogP contribution >= 0.6 is 23.1 Å². The molecule has 202 valence electrons. The lowest BCUT2D eigenvalue weighted by Crippen LogP contribution is -2.17. The quantitative estimate of drug-likeness (QED) is 0.210. The van der Waals surface area contributed by atoms with Crippen LogP contribution < -0.4 is 10.6 Å². The van der Waals surface area contributed by atoms with Crippen LogP contribution in [0.2, 0.25) is 0 Å². The summed E-state index contributed by atoms with van der Waals surface area (Å²) in [6.07, 6.45) is 3.66. The molecule has 2 amide bonds. The Kier molecular flexibility index (Phi) is 8.67. The van der Waals surface area contributed by atoms with Crippen molar-refractivity contribution in [3.05, 3.63) is 75.2 Å². The molecule has 1 aliphatic rings. The Morgan fingerprint density at radius 1 is 0.949 bits per heavy atom. The van der Waals surface area contributed by atoms with Crippen LogP contribution in [0.25, 0.3) is 0 Å². The number of fused-ring (bicyclic) bond motifs is 1. The standard InChI is InChI=1S/C27H24N2O8S2/c1-37-27(36)22-18-7-2-3-8-20(18)39-24(22)29-21(30)13-38-16-6-4-5-15(12-16)28-23(31)17-10-9-14(25(32)33)11-19(17)26(34)35/h4-6,9-12H,2-3,7-8,13H2,1H3,(H,28,31)(H,29,30)(H,32,33)(H,34,35). The van der Waals surface area contributed by atoms with Crippen molar-refractivity contribution in [3.63, 3.8) is 0 Å². The van der Waals surface area contributed by atoms with Crippen molar-refractivity contribution in [1.29, 1.82) is 0 Å². The Bertz CT molecular complexity index is 1480. The van der Waals surface area contributed by atoms with Gasteiger partial charge in [0.1, 0.15) is 5.00 Å². The van der Waals surface area contributed by atoms with Crippen LogP contribution in [0.5, 0.6) is 0 Å². The lowest BCUT2D eigenvalue weighted by Gasteiger charge is -2.12. The number of rotatable bonds is 9. The number of carboxylic acids is 2. The Labute approximate surface area is 231 Å². The molecule has 1 heterocycles. The van der Waals surface area contributed by atoms with Gasteiger partial charge in [0.05, 0.1) is 35.1 Å². The lowest BCUT2D eigenvalue weighted by molar-refractivity contribution is -0.113. The number of anilines is 2. The summed E-state index contributed by atoms with van der Waals surface area (Å²) in [4.78, 5) is 62.4. The van der Waals surface area contributed by atoms with Gasteiger partial charge in [0, 0.05) is 15.5 Å². The summed E-state index contributed by atoms with van der Waals surface area (Å²) in [6, 6.07) is 9.89. The number of hydrogen-bond acceptors (Lipinski definition) is 8. The molecule has 0 aliphatic heterocycles. The lowest BCUT2D eigenvalue weighted by atomic mass is 9.95. The first-order valence-electron chi connectivity index (χ1n) is 11.9. The molecule has 1 aromatic heterocycles. The van der Waals surface area contributed by atoms with Gasteiger partial charge < -0.3 is 25.6 Å². The molecule has 10 nitrogen and oxygen atoms in total. The Morgan fingerprint density at radius 3 is 2.44 bits per heavy atom. The number of methoxy groups -OCH3 is 1. The smallest absolute Gasteiger partial charge is 0.341 e. The molecule has 1 aliphatic carbocycles. The summed E-state index contributed by atoms with van der Waals surface area (Å²) in [5.41, 5.74) is 0.872. The number of hydrogen-bond donors (Lipinski definition) is 4. The van der Waals surface area contributed by atoms with Crippen LogP contribution in [0.1, 0.15) is 64.7 Å². The van der Waals surface area contributed by atoms with Crippen LogP contribution in [0, 0.1) is 0 Å². The highest BCUT2D eigenvalue weighted by Gasteiger charge is 2.27. The summed E-state index contributed by atoms with van der Waals surface area (Å²) in [6.45, 7) is 0. The number of aromatic carboxylic acids is 2. The molecule has 0 saturated heterocycles. The van der Waals surface area contributed by atoms with Gasteiger partial charge >= 0.3 is 17.9 Å². The molecule has 4 rings (SSSR count). The number of esters is 1. The molecule has 0 unspecified atom stereocenters. The average molecular weight is 569 g/mol. The summed E-state index contributed by atoms with van der Waals surface area (Å²) in [5.74, 6) is -4.19. The van der Waals surface area contributed by atoms with E-state index < -0.39 is 29.4 Å². The van der Waals surface area contributed by atoms with Crippen molar-refractivity contribution in [1.82, 2.24) is 0 Å². The molecule has 0 atom stereocenters. The number of thiophene rings is 1. The van der Waals surface area contributed by atoms with Crippen molar-refractivity contribution in [2.45, 2.75) is 30.6 Å². The summed E-state index contributed by atoms with van der Waals surface area (Å²) in [5, 5.41) is 24.5. The predicted molar refractivity (Wildman–Crippen MR) is 146 cm³/mol. The van der Waals surface area contributed by atoms with E-state index >= 15 is 0 Å². The zero-order valence-corrected chi connectivity index (χ0v) is 22.4. The van der Waals surface area contributed by atoms with E-state index in [0.717, 1.165) is 54.3 Å². The molecule has 2 aromatic carbocycles. The van der Waals surface area contributed by atoms with Gasteiger partial charge in [0.25, 0.3) is 5.91 Å². The van der Waals surface area contributed by atoms with Gasteiger partial charge in [-0.1, -0.05) is 6.07 Å². The second-order valence-electron chi connectivity index (χ2n) is 8.60. The van der Waals surface area contributed by atoms with E-state index in [1.165, 1.54) is 30.2 Å². The SMILES string of the molecule is COC(=O)c1c(NC(=O)CSc2cccc(NC(=O)c3ccc(C(=O)O)cc3C(=O)O)c2)sc2c1CCCC2. The molecule has 0 fully saturated rings. The second kappa shape index (κ2) is 12.1. The number of nitrogens with one attached hydrogen (secondary N) is 2. The average Bonchev–Trinajstić information content (AvgIpc) is 3.28. The maximum absolute atomic E-state index is 12.8. The summed E-state index contributed by atoms with van der Waals surface area (Å²) in [7, 11) is 1.32. The maximum atomic E-state index is 12.8. The van der Waals surface area contributed by atoms with Gasteiger partial charge in [0.15, 0.2) is 0 Å². The second-order valence-corrected chi connectivity index (χ2v) is 10.8. The number of amides is 2. The Balaban J connectivity index is 1.42. The number of carbonyl (C=O) groups excluding carboxylic acids is 3. The molecule has 3 aromatic rings. The van der Waals surface area contributed by atoms with Gasteiger partial charge in [0.2, 0.25) is 5.91 Å². The summed E-state index contributed by atoms with van der Waals surface area (Å²) >= 11 is 2.62. The van der Waals surface area contributed by atoms with Gasteiger partial charge in [-0.2, -0.15) is 0 Å². The molecule has 0 radical (unpaired) electrons. The first-order chi connectivity index (χ1) is 18.7. The number of carbonyl (C=O) groups is 5. The number of ether oxygens (including phenoxy) is 1. The third-order valence-corrected chi connectivity index (χ3v) is 8.22. The molecular weight excluding hydrogens is 544 g/mol. The van der Waals surface area contributed by atoms with Crippen molar-refractivity contribution in [3.8, 4) is 0 Å². The van der Waals surface area contributed by atoms with E-state index in [1.54, 1.807) is 24.3 Å². The van der Waals surface area contributed by atoms with Crippen LogP contribution in [-0.2, 0) is 22.4 Å². The molecule has 0 saturated carbocycles. The molecule has 39 heavy (non-hydrogen) atoms. The third kappa shape index (κ3) is 6.47. The van der Waals surface area contributed by atoms with Crippen LogP contribution in [-0.4, -0.2) is 52.8 Å². The van der Waals surface area contributed by atoms with E-state index in [1.807, 2.05) is 0 Å². The fraction of sp³-hybridized carbons (Fsp3) is 0.222. The molecule has 4 N–H and O–H groups in total. The molecule has 0 bridgehead atoms. The number of benzene rings is 2. The molecule has 0 spiro atoms. The van der Waals surface area contributed by atoms with Crippen LogP contribution in [0.15, 0.2) is 47.4 Å². The summed E-state index contributed by atoms with van der Waals surface area (Å²) < 4.78 is 4.94. The first kappa shape index (κ1) is 27.9. The zero-order valence-electron chi connectivity index (χ0n) is 20.7.